The Hall–Kier alpha value is -2.21. The predicted octanol–water partition coefficient (Wildman–Crippen LogP) is 1.87. The number of anilines is 3. The monoisotopic (exact) mass is 245 g/mol. The van der Waals surface area contributed by atoms with Crippen LogP contribution in [0.1, 0.15) is 0 Å². The first-order valence-corrected chi connectivity index (χ1v) is 5.36. The summed E-state index contributed by atoms with van der Waals surface area (Å²) in [6, 6.07) is 11.2. The van der Waals surface area contributed by atoms with Gasteiger partial charge in [0.05, 0.1) is 0 Å². The first kappa shape index (κ1) is 11.3. The Morgan fingerprint density at radius 2 is 1.88 bits per heavy atom. The highest BCUT2D eigenvalue weighted by Gasteiger charge is 2.00. The number of nitrogens with one attached hydrogen (secondary N) is 2. The highest BCUT2D eigenvalue weighted by molar-refractivity contribution is 7.80. The molecule has 1 aromatic heterocycles. The summed E-state index contributed by atoms with van der Waals surface area (Å²) in [7, 11) is 0. The molecule has 0 amide bonds. The molecule has 0 atom stereocenters. The lowest BCUT2D eigenvalue weighted by Gasteiger charge is -2.08. The van der Waals surface area contributed by atoms with Crippen molar-refractivity contribution in [2.24, 2.45) is 0 Å². The Morgan fingerprint density at radius 1 is 1.12 bits per heavy atom. The number of para-hydroxylation sites is 1. The first-order valence-electron chi connectivity index (χ1n) is 4.95. The van der Waals surface area contributed by atoms with Crippen LogP contribution < -0.4 is 16.4 Å². The van der Waals surface area contributed by atoms with E-state index in [9.17, 15) is 0 Å². The second-order valence-electron chi connectivity index (χ2n) is 3.25. The highest BCUT2D eigenvalue weighted by atomic mass is 32.1. The van der Waals surface area contributed by atoms with E-state index in [2.05, 4.69) is 20.6 Å². The summed E-state index contributed by atoms with van der Waals surface area (Å²) in [6.07, 6.45) is 1.57. The first-order chi connectivity index (χ1) is 8.24. The number of rotatable bonds is 2. The van der Waals surface area contributed by atoms with Crippen LogP contribution in [-0.4, -0.2) is 15.1 Å². The molecule has 0 saturated heterocycles. The van der Waals surface area contributed by atoms with Crippen molar-refractivity contribution in [3.05, 3.63) is 42.6 Å². The van der Waals surface area contributed by atoms with E-state index in [1.165, 1.54) is 0 Å². The van der Waals surface area contributed by atoms with Crippen molar-refractivity contribution in [2.75, 3.05) is 16.4 Å². The second kappa shape index (κ2) is 5.22. The van der Waals surface area contributed by atoms with E-state index in [-0.39, 0.29) is 0 Å². The fraction of sp³-hybridized carbons (Fsp3) is 0. The zero-order chi connectivity index (χ0) is 12.1. The van der Waals surface area contributed by atoms with E-state index in [1.54, 1.807) is 12.3 Å². The Balaban J connectivity index is 1.98. The zero-order valence-electron chi connectivity index (χ0n) is 8.92. The third-order valence-electron chi connectivity index (χ3n) is 1.93. The molecule has 6 heteroatoms. The van der Waals surface area contributed by atoms with Crippen LogP contribution in [0.4, 0.5) is 17.5 Å². The Labute approximate surface area is 104 Å². The van der Waals surface area contributed by atoms with Gasteiger partial charge in [-0.1, -0.05) is 18.2 Å². The Bertz CT molecular complexity index is 514. The number of thiocarbonyl (C=S) groups is 1. The van der Waals surface area contributed by atoms with E-state index in [0.717, 1.165) is 5.69 Å². The van der Waals surface area contributed by atoms with E-state index in [4.69, 9.17) is 18.0 Å². The maximum Gasteiger partial charge on any atom is 0.230 e. The summed E-state index contributed by atoms with van der Waals surface area (Å²) in [5, 5.41) is 6.28. The van der Waals surface area contributed by atoms with E-state index >= 15 is 0 Å². The fourth-order valence-electron chi connectivity index (χ4n) is 1.22. The smallest absolute Gasteiger partial charge is 0.230 e. The molecule has 0 bridgehead atoms. The minimum atomic E-state index is 0.374. The van der Waals surface area contributed by atoms with E-state index < -0.39 is 0 Å². The predicted molar refractivity (Wildman–Crippen MR) is 72.7 cm³/mol. The van der Waals surface area contributed by atoms with E-state index in [1.807, 2.05) is 30.3 Å². The molecule has 0 spiro atoms. The fourth-order valence-corrected chi connectivity index (χ4v) is 1.43. The largest absolute Gasteiger partial charge is 0.384 e. The lowest BCUT2D eigenvalue weighted by molar-refractivity contribution is 1.18. The Morgan fingerprint density at radius 3 is 2.59 bits per heavy atom. The molecule has 5 nitrogen and oxygen atoms in total. The maximum absolute atomic E-state index is 5.53. The maximum atomic E-state index is 5.53. The topological polar surface area (TPSA) is 75.9 Å². The number of nitrogens with two attached hydrogens (primary N) is 1. The van der Waals surface area contributed by atoms with Crippen molar-refractivity contribution in [3.8, 4) is 0 Å². The number of nitrogens with zero attached hydrogens (tertiary/aromatic N) is 2. The standard InChI is InChI=1S/C11H11N5S/c12-9-6-7-13-10(15-9)16-11(17)14-8-4-2-1-3-5-8/h1-7H,(H4,12,13,14,15,16,17). The summed E-state index contributed by atoms with van der Waals surface area (Å²) in [5.41, 5.74) is 6.43. The van der Waals surface area contributed by atoms with Gasteiger partial charge in [-0.05, 0) is 30.4 Å². The number of benzene rings is 1. The SMILES string of the molecule is Nc1ccnc(NC(=S)Nc2ccccc2)n1. The lowest BCUT2D eigenvalue weighted by atomic mass is 10.3. The quantitative estimate of drug-likeness (QED) is 0.701. The van der Waals surface area contributed by atoms with Crippen molar-refractivity contribution < 1.29 is 0 Å². The van der Waals surface area contributed by atoms with Gasteiger partial charge in [-0.25, -0.2) is 4.98 Å². The molecule has 0 aliphatic rings. The van der Waals surface area contributed by atoms with Crippen LogP contribution in [0.15, 0.2) is 42.6 Å². The van der Waals surface area contributed by atoms with Crippen LogP contribution in [0.3, 0.4) is 0 Å². The van der Waals surface area contributed by atoms with Gasteiger partial charge in [0.1, 0.15) is 5.82 Å². The molecule has 0 aliphatic carbocycles. The lowest BCUT2D eigenvalue weighted by Crippen LogP contribution is -2.20. The van der Waals surface area contributed by atoms with Gasteiger partial charge in [0, 0.05) is 11.9 Å². The van der Waals surface area contributed by atoms with Crippen molar-refractivity contribution >= 4 is 34.8 Å². The highest BCUT2D eigenvalue weighted by Crippen LogP contribution is 2.06. The summed E-state index contributed by atoms with van der Waals surface area (Å²) in [5.74, 6) is 0.767. The number of nitrogen functional groups attached to an aromatic ring is 1. The van der Waals surface area contributed by atoms with Gasteiger partial charge in [-0.3, -0.25) is 0 Å². The molecule has 0 radical (unpaired) electrons. The molecule has 86 valence electrons. The average molecular weight is 245 g/mol. The molecule has 0 unspecified atom stereocenters. The van der Waals surface area contributed by atoms with E-state index in [0.29, 0.717) is 16.9 Å². The minimum Gasteiger partial charge on any atom is -0.384 e. The molecular weight excluding hydrogens is 234 g/mol. The molecule has 2 aromatic rings. The number of hydrogen-bond acceptors (Lipinski definition) is 4. The molecule has 0 saturated carbocycles. The molecule has 0 aliphatic heterocycles. The van der Waals surface area contributed by atoms with Gasteiger partial charge in [0.15, 0.2) is 5.11 Å². The minimum absolute atomic E-state index is 0.374. The van der Waals surface area contributed by atoms with Crippen LogP contribution in [0.25, 0.3) is 0 Å². The van der Waals surface area contributed by atoms with Gasteiger partial charge in [0.25, 0.3) is 0 Å². The second-order valence-corrected chi connectivity index (χ2v) is 3.66. The molecule has 4 N–H and O–H groups in total. The van der Waals surface area contributed by atoms with Gasteiger partial charge in [0.2, 0.25) is 5.95 Å². The van der Waals surface area contributed by atoms with Gasteiger partial charge in [-0.15, -0.1) is 0 Å². The van der Waals surface area contributed by atoms with Crippen molar-refractivity contribution in [2.45, 2.75) is 0 Å². The third kappa shape index (κ3) is 3.39. The summed E-state index contributed by atoms with van der Waals surface area (Å²) in [4.78, 5) is 7.97. The molecule has 2 rings (SSSR count). The number of hydrogen-bond donors (Lipinski definition) is 3. The molecule has 17 heavy (non-hydrogen) atoms. The third-order valence-corrected chi connectivity index (χ3v) is 2.14. The Kier molecular flexibility index (Phi) is 3.46. The molecule has 1 heterocycles. The van der Waals surface area contributed by atoms with Crippen molar-refractivity contribution in [3.63, 3.8) is 0 Å². The van der Waals surface area contributed by atoms with Gasteiger partial charge >= 0.3 is 0 Å². The van der Waals surface area contributed by atoms with Crippen LogP contribution in [0, 0.1) is 0 Å². The van der Waals surface area contributed by atoms with Gasteiger partial charge in [-0.2, -0.15) is 4.98 Å². The summed E-state index contributed by atoms with van der Waals surface area (Å²) in [6.45, 7) is 0. The van der Waals surface area contributed by atoms with Crippen molar-refractivity contribution in [1.29, 1.82) is 0 Å². The summed E-state index contributed by atoms with van der Waals surface area (Å²) >= 11 is 5.12. The number of aromatic nitrogens is 2. The normalized spacial score (nSPS) is 9.65. The van der Waals surface area contributed by atoms with Crippen LogP contribution >= 0.6 is 12.2 Å². The molecular formula is C11H11N5S. The average Bonchev–Trinajstić information content (AvgIpc) is 2.30. The van der Waals surface area contributed by atoms with Crippen molar-refractivity contribution in [1.82, 2.24) is 9.97 Å². The zero-order valence-corrected chi connectivity index (χ0v) is 9.74. The van der Waals surface area contributed by atoms with Crippen LogP contribution in [0.2, 0.25) is 0 Å². The van der Waals surface area contributed by atoms with Gasteiger partial charge < -0.3 is 16.4 Å². The summed E-state index contributed by atoms with van der Waals surface area (Å²) < 4.78 is 0. The molecule has 1 aromatic carbocycles. The van der Waals surface area contributed by atoms with Crippen LogP contribution in [0.5, 0.6) is 0 Å². The van der Waals surface area contributed by atoms with Crippen LogP contribution in [-0.2, 0) is 0 Å². The molecule has 0 fully saturated rings.